The third kappa shape index (κ3) is 5.98. The summed E-state index contributed by atoms with van der Waals surface area (Å²) in [6.07, 6.45) is 11.6. The SMILES string of the molecule is CCN1CCC(C(=O)NO)(S(=O)(=O)c2ccc(OCCCc3cccc(C4C=CC=CC4)c3)cc2)CC1. The van der Waals surface area contributed by atoms with Crippen LogP contribution >= 0.6 is 0 Å². The van der Waals surface area contributed by atoms with Gasteiger partial charge in [0, 0.05) is 19.0 Å². The summed E-state index contributed by atoms with van der Waals surface area (Å²) in [7, 11) is -4.02. The third-order valence-electron chi connectivity index (χ3n) is 7.51. The minimum atomic E-state index is -4.02. The number of benzene rings is 2. The van der Waals surface area contributed by atoms with E-state index in [1.165, 1.54) is 23.3 Å². The Morgan fingerprint density at radius 1 is 1.14 bits per heavy atom. The average molecular weight is 525 g/mol. The predicted octanol–water partition coefficient (Wildman–Crippen LogP) is 4.43. The van der Waals surface area contributed by atoms with Crippen molar-refractivity contribution >= 4 is 15.7 Å². The molecular weight excluding hydrogens is 488 g/mol. The molecule has 2 N–H and O–H groups in total. The number of likely N-dealkylation sites (tertiary alicyclic amines) is 1. The van der Waals surface area contributed by atoms with Crippen LogP contribution in [0.4, 0.5) is 0 Å². The van der Waals surface area contributed by atoms with Gasteiger partial charge in [0.2, 0.25) is 0 Å². The first kappa shape index (κ1) is 27.1. The summed E-state index contributed by atoms with van der Waals surface area (Å²) in [4.78, 5) is 14.7. The number of nitrogens with one attached hydrogen (secondary N) is 1. The van der Waals surface area contributed by atoms with E-state index in [4.69, 9.17) is 4.74 Å². The van der Waals surface area contributed by atoms with Crippen LogP contribution in [0, 0.1) is 0 Å². The number of ether oxygens (including phenoxy) is 1. The first-order valence-corrected chi connectivity index (χ1v) is 14.4. The number of rotatable bonds is 10. The fraction of sp³-hybridized carbons (Fsp3) is 0.414. The van der Waals surface area contributed by atoms with Gasteiger partial charge in [-0.25, -0.2) is 13.9 Å². The van der Waals surface area contributed by atoms with Crippen LogP contribution in [-0.2, 0) is 21.1 Å². The first-order valence-electron chi connectivity index (χ1n) is 13.0. The molecule has 1 unspecified atom stereocenters. The van der Waals surface area contributed by atoms with E-state index in [2.05, 4.69) is 53.5 Å². The van der Waals surface area contributed by atoms with Crippen molar-refractivity contribution in [2.24, 2.45) is 0 Å². The van der Waals surface area contributed by atoms with Crippen molar-refractivity contribution in [1.29, 1.82) is 0 Å². The predicted molar refractivity (Wildman–Crippen MR) is 144 cm³/mol. The minimum absolute atomic E-state index is 0.0526. The second-order valence-corrected chi connectivity index (χ2v) is 12.0. The molecule has 1 amide bonds. The second kappa shape index (κ2) is 12.1. The number of piperidine rings is 1. The van der Waals surface area contributed by atoms with Crippen molar-refractivity contribution in [3.8, 4) is 5.75 Å². The van der Waals surface area contributed by atoms with Gasteiger partial charge in [-0.2, -0.15) is 0 Å². The van der Waals surface area contributed by atoms with Crippen molar-refractivity contribution in [1.82, 2.24) is 10.4 Å². The van der Waals surface area contributed by atoms with Crippen LogP contribution in [-0.4, -0.2) is 55.4 Å². The molecule has 2 aromatic rings. The van der Waals surface area contributed by atoms with Crippen LogP contribution in [0.15, 0.2) is 77.7 Å². The number of carbonyl (C=O) groups excluding carboxylic acids is 1. The Morgan fingerprint density at radius 3 is 2.54 bits per heavy atom. The minimum Gasteiger partial charge on any atom is -0.494 e. The van der Waals surface area contributed by atoms with Gasteiger partial charge in [0.05, 0.1) is 11.5 Å². The van der Waals surface area contributed by atoms with Gasteiger partial charge in [0.1, 0.15) is 5.75 Å². The molecular formula is C29H36N2O5S. The molecule has 0 bridgehead atoms. The monoisotopic (exact) mass is 524 g/mol. The highest BCUT2D eigenvalue weighted by Crippen LogP contribution is 2.36. The van der Waals surface area contributed by atoms with Gasteiger partial charge < -0.3 is 9.64 Å². The molecule has 8 heteroatoms. The zero-order chi connectivity index (χ0) is 26.3. The van der Waals surface area contributed by atoms with Crippen LogP contribution < -0.4 is 10.2 Å². The summed E-state index contributed by atoms with van der Waals surface area (Å²) >= 11 is 0. The van der Waals surface area contributed by atoms with Crippen molar-refractivity contribution in [2.75, 3.05) is 26.2 Å². The fourth-order valence-corrected chi connectivity index (χ4v) is 7.12. The Bertz CT molecular complexity index is 1230. The first-order chi connectivity index (χ1) is 17.9. The maximum absolute atomic E-state index is 13.5. The summed E-state index contributed by atoms with van der Waals surface area (Å²) in [6.45, 7) is 4.23. The number of allylic oxidation sites excluding steroid dienone is 4. The lowest BCUT2D eigenvalue weighted by Gasteiger charge is -2.39. The molecule has 2 aliphatic rings. The Balaban J connectivity index is 1.35. The number of sulfone groups is 1. The summed E-state index contributed by atoms with van der Waals surface area (Å²) in [5, 5.41) is 9.31. The van der Waals surface area contributed by atoms with Gasteiger partial charge in [-0.15, -0.1) is 0 Å². The standard InChI is InChI=1S/C29H36N2O5S/c1-2-31-19-17-29(18-20-31,28(32)30-33)37(34,35)27-15-13-26(14-16-27)36-21-7-9-23-8-6-12-25(22-23)24-10-4-3-5-11-24/h3-6,8,10,12-16,22,24,33H,2,7,9,11,17-21H2,1H3,(H,30,32). The molecule has 1 aliphatic heterocycles. The molecule has 0 saturated carbocycles. The molecule has 1 aliphatic carbocycles. The highest BCUT2D eigenvalue weighted by atomic mass is 32.2. The Morgan fingerprint density at radius 2 is 1.89 bits per heavy atom. The van der Waals surface area contributed by atoms with E-state index < -0.39 is 20.5 Å². The van der Waals surface area contributed by atoms with E-state index in [-0.39, 0.29) is 17.7 Å². The number of hydroxylamine groups is 1. The third-order valence-corrected chi connectivity index (χ3v) is 10.0. The van der Waals surface area contributed by atoms with Crippen molar-refractivity contribution in [3.05, 3.63) is 84.0 Å². The molecule has 2 aromatic carbocycles. The van der Waals surface area contributed by atoms with Crippen LogP contribution in [0.3, 0.4) is 0 Å². The highest BCUT2D eigenvalue weighted by molar-refractivity contribution is 7.93. The summed E-state index contributed by atoms with van der Waals surface area (Å²) in [5.41, 5.74) is 4.19. The number of amides is 1. The molecule has 198 valence electrons. The summed E-state index contributed by atoms with van der Waals surface area (Å²) in [5.74, 6) is 0.134. The number of carbonyl (C=O) groups is 1. The number of hydrogen-bond donors (Lipinski definition) is 2. The molecule has 37 heavy (non-hydrogen) atoms. The van der Waals surface area contributed by atoms with Crippen molar-refractivity contribution in [3.63, 3.8) is 0 Å². The summed E-state index contributed by atoms with van der Waals surface area (Å²) in [6, 6.07) is 14.9. The molecule has 0 spiro atoms. The van der Waals surface area contributed by atoms with Crippen LogP contribution in [0.1, 0.15) is 49.7 Å². The number of aryl methyl sites for hydroxylation is 1. The Labute approximate surface area is 219 Å². The van der Waals surface area contributed by atoms with E-state index in [9.17, 15) is 18.4 Å². The van der Waals surface area contributed by atoms with Crippen LogP contribution in [0.2, 0.25) is 0 Å². The number of hydrogen-bond acceptors (Lipinski definition) is 6. The number of nitrogens with zero attached hydrogens (tertiary/aromatic N) is 1. The molecule has 1 saturated heterocycles. The van der Waals surface area contributed by atoms with Gasteiger partial charge >= 0.3 is 0 Å². The molecule has 1 atom stereocenters. The molecule has 1 heterocycles. The lowest BCUT2D eigenvalue weighted by atomic mass is 9.91. The van der Waals surface area contributed by atoms with Crippen molar-refractivity contribution < 1.29 is 23.2 Å². The Kier molecular flexibility index (Phi) is 8.84. The zero-order valence-corrected chi connectivity index (χ0v) is 22.1. The summed E-state index contributed by atoms with van der Waals surface area (Å²) < 4.78 is 31.3. The van der Waals surface area contributed by atoms with Crippen molar-refractivity contribution in [2.45, 2.75) is 54.6 Å². The van der Waals surface area contributed by atoms with Gasteiger partial charge in [-0.3, -0.25) is 10.0 Å². The van der Waals surface area contributed by atoms with Gasteiger partial charge in [-0.1, -0.05) is 55.5 Å². The molecule has 1 fully saturated rings. The highest BCUT2D eigenvalue weighted by Gasteiger charge is 2.52. The van der Waals surface area contributed by atoms with Gasteiger partial charge in [-0.05, 0) is 74.0 Å². The van der Waals surface area contributed by atoms with E-state index in [0.29, 0.717) is 31.4 Å². The topological polar surface area (TPSA) is 95.9 Å². The quantitative estimate of drug-likeness (QED) is 0.271. The zero-order valence-electron chi connectivity index (χ0n) is 21.3. The van der Waals surface area contributed by atoms with E-state index in [0.717, 1.165) is 25.8 Å². The fourth-order valence-electron chi connectivity index (χ4n) is 5.16. The normalized spacial score (nSPS) is 19.5. The molecule has 7 nitrogen and oxygen atoms in total. The lowest BCUT2D eigenvalue weighted by Crippen LogP contribution is -2.57. The average Bonchev–Trinajstić information content (AvgIpc) is 2.95. The van der Waals surface area contributed by atoms with Gasteiger partial charge in [0.15, 0.2) is 14.6 Å². The molecule has 4 rings (SSSR count). The smallest absolute Gasteiger partial charge is 0.265 e. The molecule has 0 radical (unpaired) electrons. The molecule has 0 aromatic heterocycles. The Hall–Kier alpha value is -2.94. The van der Waals surface area contributed by atoms with E-state index in [1.807, 2.05) is 6.92 Å². The van der Waals surface area contributed by atoms with Crippen LogP contribution in [0.5, 0.6) is 5.75 Å². The maximum Gasteiger partial charge on any atom is 0.265 e. The second-order valence-electron chi connectivity index (χ2n) is 9.70. The maximum atomic E-state index is 13.5. The largest absolute Gasteiger partial charge is 0.494 e. The van der Waals surface area contributed by atoms with Gasteiger partial charge in [0.25, 0.3) is 5.91 Å². The van der Waals surface area contributed by atoms with E-state index in [1.54, 1.807) is 17.6 Å². The van der Waals surface area contributed by atoms with E-state index >= 15 is 0 Å². The lowest BCUT2D eigenvalue weighted by molar-refractivity contribution is -0.133. The van der Waals surface area contributed by atoms with Crippen LogP contribution in [0.25, 0.3) is 0 Å².